The molecule has 0 atom stereocenters. The van der Waals surface area contributed by atoms with E-state index in [4.69, 9.17) is 5.11 Å². The molecule has 4 nitrogen and oxygen atoms in total. The fourth-order valence-corrected chi connectivity index (χ4v) is 1.73. The Balaban J connectivity index is 2.97. The number of aliphatic hydroxyl groups excluding tert-OH is 1. The number of nitrogens with one attached hydrogen (secondary N) is 1. The van der Waals surface area contributed by atoms with Crippen LogP contribution in [0.2, 0.25) is 0 Å². The van der Waals surface area contributed by atoms with Crippen LogP contribution in [0.1, 0.15) is 19.4 Å². The summed E-state index contributed by atoms with van der Waals surface area (Å²) >= 11 is 0. The number of aliphatic hydroxyl groups is 1. The van der Waals surface area contributed by atoms with Gasteiger partial charge in [-0.05, 0) is 27.0 Å². The average Bonchev–Trinajstić information content (AvgIpc) is 2.27. The van der Waals surface area contributed by atoms with E-state index in [9.17, 15) is 0 Å². The summed E-state index contributed by atoms with van der Waals surface area (Å²) in [4.78, 5) is 6.53. The van der Waals surface area contributed by atoms with E-state index in [2.05, 4.69) is 35.1 Å². The zero-order valence-corrected chi connectivity index (χ0v) is 10.3. The van der Waals surface area contributed by atoms with Gasteiger partial charge in [-0.2, -0.15) is 0 Å². The lowest BCUT2D eigenvalue weighted by molar-refractivity contribution is 0.298. The third-order valence-corrected chi connectivity index (χ3v) is 2.47. The highest BCUT2D eigenvalue weighted by Gasteiger charge is 2.14. The predicted octanol–water partition coefficient (Wildman–Crippen LogP) is 1.01. The van der Waals surface area contributed by atoms with E-state index in [1.807, 2.05) is 13.1 Å². The van der Waals surface area contributed by atoms with Crippen molar-refractivity contribution in [3.05, 3.63) is 23.9 Å². The topological polar surface area (TPSA) is 48.4 Å². The van der Waals surface area contributed by atoms with Crippen molar-refractivity contribution >= 4 is 5.82 Å². The van der Waals surface area contributed by atoms with Gasteiger partial charge in [-0.3, -0.25) is 0 Å². The molecule has 1 aromatic rings. The average molecular weight is 223 g/mol. The van der Waals surface area contributed by atoms with E-state index < -0.39 is 0 Å². The number of nitrogens with zero attached hydrogens (tertiary/aromatic N) is 2. The van der Waals surface area contributed by atoms with Gasteiger partial charge in [0.25, 0.3) is 0 Å². The van der Waals surface area contributed by atoms with Crippen LogP contribution in [-0.4, -0.2) is 36.3 Å². The second-order valence-corrected chi connectivity index (χ2v) is 4.03. The summed E-state index contributed by atoms with van der Waals surface area (Å²) < 4.78 is 0. The minimum atomic E-state index is 0.147. The molecular weight excluding hydrogens is 202 g/mol. The van der Waals surface area contributed by atoms with Crippen molar-refractivity contribution in [2.24, 2.45) is 0 Å². The molecule has 0 aliphatic rings. The summed E-state index contributed by atoms with van der Waals surface area (Å²) in [5, 5.41) is 12.2. The van der Waals surface area contributed by atoms with Crippen LogP contribution in [0.15, 0.2) is 18.3 Å². The second-order valence-electron chi connectivity index (χ2n) is 4.03. The summed E-state index contributed by atoms with van der Waals surface area (Å²) in [6.45, 7) is 5.76. The van der Waals surface area contributed by atoms with Gasteiger partial charge in [-0.25, -0.2) is 4.98 Å². The third-order valence-electron chi connectivity index (χ3n) is 2.47. The number of pyridine rings is 1. The lowest BCUT2D eigenvalue weighted by atomic mass is 10.2. The van der Waals surface area contributed by atoms with E-state index in [0.29, 0.717) is 12.6 Å². The normalized spacial score (nSPS) is 10.8. The van der Waals surface area contributed by atoms with Gasteiger partial charge in [0.1, 0.15) is 5.82 Å². The fourth-order valence-electron chi connectivity index (χ4n) is 1.73. The Hall–Kier alpha value is -1.13. The lowest BCUT2D eigenvalue weighted by Gasteiger charge is -2.28. The Labute approximate surface area is 97.3 Å². The SMILES string of the molecule is CNCc1cccnc1N(CCO)C(C)C. The molecule has 0 saturated heterocycles. The van der Waals surface area contributed by atoms with Crippen LogP contribution < -0.4 is 10.2 Å². The molecular formula is C12H21N3O. The van der Waals surface area contributed by atoms with Crippen molar-refractivity contribution in [2.45, 2.75) is 26.4 Å². The summed E-state index contributed by atoms with van der Waals surface area (Å²) in [6.07, 6.45) is 1.79. The maximum atomic E-state index is 9.08. The Morgan fingerprint density at radius 2 is 2.25 bits per heavy atom. The molecule has 0 amide bonds. The highest BCUT2D eigenvalue weighted by Crippen LogP contribution is 2.18. The zero-order chi connectivity index (χ0) is 12.0. The van der Waals surface area contributed by atoms with Gasteiger partial charge < -0.3 is 15.3 Å². The molecule has 0 fully saturated rings. The standard InChI is InChI=1S/C12H21N3O/c1-10(2)15(7-8-16)12-11(9-13-3)5-4-6-14-12/h4-6,10,13,16H,7-9H2,1-3H3. The largest absolute Gasteiger partial charge is 0.395 e. The predicted molar refractivity (Wildman–Crippen MR) is 66.6 cm³/mol. The van der Waals surface area contributed by atoms with Crippen molar-refractivity contribution < 1.29 is 5.11 Å². The van der Waals surface area contributed by atoms with Crippen LogP contribution in [-0.2, 0) is 6.54 Å². The van der Waals surface area contributed by atoms with Crippen LogP contribution >= 0.6 is 0 Å². The Morgan fingerprint density at radius 3 is 2.81 bits per heavy atom. The molecule has 0 unspecified atom stereocenters. The van der Waals surface area contributed by atoms with Crippen molar-refractivity contribution in [2.75, 3.05) is 25.1 Å². The van der Waals surface area contributed by atoms with Gasteiger partial charge in [-0.15, -0.1) is 0 Å². The molecule has 1 rings (SSSR count). The third kappa shape index (κ3) is 3.18. The van der Waals surface area contributed by atoms with Crippen LogP contribution in [0, 0.1) is 0 Å². The molecule has 90 valence electrons. The van der Waals surface area contributed by atoms with Crippen LogP contribution in [0.5, 0.6) is 0 Å². The molecule has 16 heavy (non-hydrogen) atoms. The molecule has 1 aromatic heterocycles. The maximum absolute atomic E-state index is 9.08. The molecule has 0 radical (unpaired) electrons. The maximum Gasteiger partial charge on any atom is 0.133 e. The van der Waals surface area contributed by atoms with Crippen LogP contribution in [0.3, 0.4) is 0 Å². The van der Waals surface area contributed by atoms with E-state index in [-0.39, 0.29) is 6.61 Å². The number of rotatable bonds is 6. The number of anilines is 1. The molecule has 1 heterocycles. The highest BCUT2D eigenvalue weighted by molar-refractivity contribution is 5.47. The molecule has 0 bridgehead atoms. The molecule has 0 aromatic carbocycles. The van der Waals surface area contributed by atoms with Gasteiger partial charge in [0.2, 0.25) is 0 Å². The Bertz CT molecular complexity index is 315. The molecule has 4 heteroatoms. The number of aromatic nitrogens is 1. The minimum absolute atomic E-state index is 0.147. The van der Waals surface area contributed by atoms with Crippen LogP contribution in [0.25, 0.3) is 0 Å². The first kappa shape index (κ1) is 12.9. The van der Waals surface area contributed by atoms with Gasteiger partial charge >= 0.3 is 0 Å². The van der Waals surface area contributed by atoms with E-state index in [1.165, 1.54) is 0 Å². The van der Waals surface area contributed by atoms with E-state index in [0.717, 1.165) is 17.9 Å². The van der Waals surface area contributed by atoms with Gasteiger partial charge in [0.15, 0.2) is 0 Å². The quantitative estimate of drug-likeness (QED) is 0.755. The monoisotopic (exact) mass is 223 g/mol. The zero-order valence-electron chi connectivity index (χ0n) is 10.3. The summed E-state index contributed by atoms with van der Waals surface area (Å²) in [5.41, 5.74) is 1.16. The van der Waals surface area contributed by atoms with E-state index >= 15 is 0 Å². The summed E-state index contributed by atoms with van der Waals surface area (Å²) in [5.74, 6) is 0.959. The van der Waals surface area contributed by atoms with Crippen molar-refractivity contribution in [1.82, 2.24) is 10.3 Å². The number of hydrogen-bond donors (Lipinski definition) is 2. The first-order valence-corrected chi connectivity index (χ1v) is 5.66. The van der Waals surface area contributed by atoms with Gasteiger partial charge in [-0.1, -0.05) is 6.07 Å². The van der Waals surface area contributed by atoms with Gasteiger partial charge in [0.05, 0.1) is 6.61 Å². The molecule has 0 saturated carbocycles. The lowest BCUT2D eigenvalue weighted by Crippen LogP contribution is -2.35. The molecule has 0 aliphatic heterocycles. The van der Waals surface area contributed by atoms with Crippen molar-refractivity contribution in [3.63, 3.8) is 0 Å². The summed E-state index contributed by atoms with van der Waals surface area (Å²) in [7, 11) is 1.92. The van der Waals surface area contributed by atoms with Gasteiger partial charge in [0, 0.05) is 30.9 Å². The fraction of sp³-hybridized carbons (Fsp3) is 0.583. The first-order chi connectivity index (χ1) is 7.70. The first-order valence-electron chi connectivity index (χ1n) is 5.66. The Kier molecular flexibility index (Phi) is 5.22. The highest BCUT2D eigenvalue weighted by atomic mass is 16.3. The minimum Gasteiger partial charge on any atom is -0.395 e. The Morgan fingerprint density at radius 1 is 1.50 bits per heavy atom. The molecule has 2 N–H and O–H groups in total. The summed E-state index contributed by atoms with van der Waals surface area (Å²) in [6, 6.07) is 4.33. The molecule has 0 spiro atoms. The van der Waals surface area contributed by atoms with Crippen molar-refractivity contribution in [3.8, 4) is 0 Å². The second kappa shape index (κ2) is 6.45. The smallest absolute Gasteiger partial charge is 0.133 e. The molecule has 0 aliphatic carbocycles. The van der Waals surface area contributed by atoms with Crippen LogP contribution in [0.4, 0.5) is 5.82 Å². The van der Waals surface area contributed by atoms with E-state index in [1.54, 1.807) is 6.20 Å². The van der Waals surface area contributed by atoms with Crippen molar-refractivity contribution in [1.29, 1.82) is 0 Å². The number of hydrogen-bond acceptors (Lipinski definition) is 4.